The molecule has 4 unspecified atom stereocenters. The Morgan fingerprint density at radius 3 is 2.60 bits per heavy atom. The van der Waals surface area contributed by atoms with Crippen molar-refractivity contribution in [2.75, 3.05) is 6.54 Å². The third-order valence-electron chi connectivity index (χ3n) is 6.18. The minimum atomic E-state index is 0.0183. The zero-order chi connectivity index (χ0) is 14.9. The Bertz CT molecular complexity index is 353. The quantitative estimate of drug-likeness (QED) is 0.844. The Labute approximate surface area is 124 Å². The van der Waals surface area contributed by atoms with E-state index in [1.54, 1.807) is 0 Å². The van der Waals surface area contributed by atoms with E-state index in [4.69, 9.17) is 5.73 Å². The van der Waals surface area contributed by atoms with E-state index < -0.39 is 0 Å². The highest BCUT2D eigenvalue weighted by Crippen LogP contribution is 2.45. The number of likely N-dealkylation sites (tertiary alicyclic amines) is 1. The summed E-state index contributed by atoms with van der Waals surface area (Å²) in [6.45, 7) is 9.87. The molecule has 1 saturated carbocycles. The van der Waals surface area contributed by atoms with Crippen LogP contribution >= 0.6 is 0 Å². The van der Waals surface area contributed by atoms with Crippen LogP contribution in [0.3, 0.4) is 0 Å². The average molecular weight is 280 g/mol. The molecule has 0 spiro atoms. The number of rotatable bonds is 2. The molecule has 0 aromatic carbocycles. The van der Waals surface area contributed by atoms with Crippen LogP contribution in [0.25, 0.3) is 0 Å². The number of nitrogens with zero attached hydrogens (tertiary/aromatic N) is 1. The predicted molar refractivity (Wildman–Crippen MR) is 83.3 cm³/mol. The Balaban J connectivity index is 2.15. The van der Waals surface area contributed by atoms with Gasteiger partial charge in [-0.15, -0.1) is 0 Å². The van der Waals surface area contributed by atoms with Crippen molar-refractivity contribution < 1.29 is 4.79 Å². The van der Waals surface area contributed by atoms with Gasteiger partial charge < -0.3 is 10.6 Å². The van der Waals surface area contributed by atoms with Gasteiger partial charge in [0.2, 0.25) is 5.91 Å². The van der Waals surface area contributed by atoms with E-state index in [9.17, 15) is 4.79 Å². The summed E-state index contributed by atoms with van der Waals surface area (Å²) in [6, 6.07) is 0.718. The average Bonchev–Trinajstić information content (AvgIpc) is 2.44. The number of hydrogen-bond donors (Lipinski definition) is 1. The summed E-state index contributed by atoms with van der Waals surface area (Å²) in [5.74, 6) is 0.972. The first-order chi connectivity index (χ1) is 9.39. The van der Waals surface area contributed by atoms with Gasteiger partial charge in [0, 0.05) is 24.5 Å². The van der Waals surface area contributed by atoms with Crippen LogP contribution in [0.5, 0.6) is 0 Å². The molecule has 2 aliphatic rings. The van der Waals surface area contributed by atoms with Gasteiger partial charge >= 0.3 is 0 Å². The van der Waals surface area contributed by atoms with Crippen molar-refractivity contribution >= 4 is 5.91 Å². The van der Waals surface area contributed by atoms with Gasteiger partial charge in [0.15, 0.2) is 0 Å². The summed E-state index contributed by atoms with van der Waals surface area (Å²) in [4.78, 5) is 15.3. The van der Waals surface area contributed by atoms with E-state index in [-0.39, 0.29) is 17.4 Å². The fraction of sp³-hybridized carbons (Fsp3) is 0.941. The molecule has 20 heavy (non-hydrogen) atoms. The van der Waals surface area contributed by atoms with Gasteiger partial charge in [-0.05, 0) is 49.9 Å². The largest absolute Gasteiger partial charge is 0.339 e. The molecule has 116 valence electrons. The second-order valence-corrected chi connectivity index (χ2v) is 7.49. The zero-order valence-electron chi connectivity index (χ0n) is 13.7. The van der Waals surface area contributed by atoms with Crippen LogP contribution in [0.4, 0.5) is 0 Å². The van der Waals surface area contributed by atoms with Crippen LogP contribution in [0, 0.1) is 17.3 Å². The van der Waals surface area contributed by atoms with Crippen LogP contribution < -0.4 is 5.73 Å². The van der Waals surface area contributed by atoms with Crippen molar-refractivity contribution in [3.05, 3.63) is 0 Å². The van der Waals surface area contributed by atoms with Gasteiger partial charge in [-0.25, -0.2) is 0 Å². The van der Waals surface area contributed by atoms with Gasteiger partial charge in [0.25, 0.3) is 0 Å². The molecule has 3 heteroatoms. The summed E-state index contributed by atoms with van der Waals surface area (Å²) < 4.78 is 0. The number of carbonyl (C=O) groups is 1. The first-order valence-corrected chi connectivity index (χ1v) is 8.45. The molecule has 1 heterocycles. The van der Waals surface area contributed by atoms with Gasteiger partial charge in [-0.1, -0.05) is 27.7 Å². The number of amides is 1. The van der Waals surface area contributed by atoms with E-state index in [1.165, 1.54) is 19.3 Å². The maximum Gasteiger partial charge on any atom is 0.226 e. The number of nitrogens with two attached hydrogens (primary N) is 1. The molecule has 3 nitrogen and oxygen atoms in total. The number of piperidine rings is 1. The molecule has 0 radical (unpaired) electrons. The van der Waals surface area contributed by atoms with Crippen molar-refractivity contribution in [2.24, 2.45) is 23.0 Å². The fourth-order valence-corrected chi connectivity index (χ4v) is 4.21. The lowest BCUT2D eigenvalue weighted by Crippen LogP contribution is -2.55. The van der Waals surface area contributed by atoms with Gasteiger partial charge in [-0.3, -0.25) is 4.79 Å². The topological polar surface area (TPSA) is 46.3 Å². The summed E-state index contributed by atoms with van der Waals surface area (Å²) in [5.41, 5.74) is 6.24. The summed E-state index contributed by atoms with van der Waals surface area (Å²) in [6.07, 6.45) is 6.68. The Kier molecular flexibility index (Phi) is 4.78. The molecule has 1 saturated heterocycles. The van der Waals surface area contributed by atoms with Crippen molar-refractivity contribution in [1.82, 2.24) is 4.90 Å². The van der Waals surface area contributed by atoms with Gasteiger partial charge in [0.1, 0.15) is 0 Å². The monoisotopic (exact) mass is 280 g/mol. The van der Waals surface area contributed by atoms with Crippen LogP contribution in [-0.4, -0.2) is 29.4 Å². The smallest absolute Gasteiger partial charge is 0.226 e. The molecule has 0 aromatic rings. The maximum absolute atomic E-state index is 13.1. The lowest BCUT2D eigenvalue weighted by atomic mass is 9.60. The number of carbonyl (C=O) groups excluding carboxylic acids is 1. The lowest BCUT2D eigenvalue weighted by Gasteiger charge is -2.49. The summed E-state index contributed by atoms with van der Waals surface area (Å²) >= 11 is 0. The summed E-state index contributed by atoms with van der Waals surface area (Å²) in [7, 11) is 0. The first-order valence-electron chi connectivity index (χ1n) is 8.45. The van der Waals surface area contributed by atoms with Crippen molar-refractivity contribution in [2.45, 2.75) is 78.3 Å². The SMILES string of the molecule is CCC1CCCCN1C(=O)C1CCC(N)C(C)C1(C)C. The van der Waals surface area contributed by atoms with Crippen molar-refractivity contribution in [3.63, 3.8) is 0 Å². The Hall–Kier alpha value is -0.570. The molecule has 2 rings (SSSR count). The lowest BCUT2D eigenvalue weighted by molar-refractivity contribution is -0.147. The van der Waals surface area contributed by atoms with Crippen LogP contribution in [0.15, 0.2) is 0 Å². The molecule has 0 aromatic heterocycles. The first kappa shape index (κ1) is 15.8. The van der Waals surface area contributed by atoms with Crippen LogP contribution in [-0.2, 0) is 4.79 Å². The number of hydrogen-bond acceptors (Lipinski definition) is 2. The van der Waals surface area contributed by atoms with E-state index in [0.717, 1.165) is 25.8 Å². The molecule has 1 aliphatic heterocycles. The van der Waals surface area contributed by atoms with E-state index >= 15 is 0 Å². The molecule has 4 atom stereocenters. The Morgan fingerprint density at radius 1 is 1.25 bits per heavy atom. The molecule has 2 fully saturated rings. The standard InChI is InChI=1S/C17H32N2O/c1-5-13-8-6-7-11-19(13)16(20)14-9-10-15(18)12(2)17(14,3)4/h12-15H,5-11,18H2,1-4H3. The maximum atomic E-state index is 13.1. The molecule has 0 bridgehead atoms. The van der Waals surface area contributed by atoms with Gasteiger partial charge in [-0.2, -0.15) is 0 Å². The highest BCUT2D eigenvalue weighted by molar-refractivity contribution is 5.80. The molecule has 1 amide bonds. The highest BCUT2D eigenvalue weighted by Gasteiger charge is 2.47. The van der Waals surface area contributed by atoms with Crippen LogP contribution in [0.2, 0.25) is 0 Å². The minimum absolute atomic E-state index is 0.0183. The third-order valence-corrected chi connectivity index (χ3v) is 6.18. The zero-order valence-corrected chi connectivity index (χ0v) is 13.7. The Morgan fingerprint density at radius 2 is 1.95 bits per heavy atom. The third kappa shape index (κ3) is 2.74. The van der Waals surface area contributed by atoms with E-state index in [0.29, 0.717) is 17.9 Å². The highest BCUT2D eigenvalue weighted by atomic mass is 16.2. The molecular weight excluding hydrogens is 248 g/mol. The normalized spacial score (nSPS) is 37.8. The van der Waals surface area contributed by atoms with E-state index in [2.05, 4.69) is 32.6 Å². The molecule has 1 aliphatic carbocycles. The fourth-order valence-electron chi connectivity index (χ4n) is 4.21. The van der Waals surface area contributed by atoms with E-state index in [1.807, 2.05) is 0 Å². The van der Waals surface area contributed by atoms with Crippen LogP contribution in [0.1, 0.15) is 66.2 Å². The van der Waals surface area contributed by atoms with Crippen molar-refractivity contribution in [1.29, 1.82) is 0 Å². The molecular formula is C17H32N2O. The molecule has 2 N–H and O–H groups in total. The minimum Gasteiger partial charge on any atom is -0.339 e. The predicted octanol–water partition coefficient (Wildman–Crippen LogP) is 3.18. The second-order valence-electron chi connectivity index (χ2n) is 7.49. The van der Waals surface area contributed by atoms with Crippen molar-refractivity contribution in [3.8, 4) is 0 Å². The second kappa shape index (κ2) is 6.05. The summed E-state index contributed by atoms with van der Waals surface area (Å²) in [5, 5.41) is 0. The van der Waals surface area contributed by atoms with Gasteiger partial charge in [0.05, 0.1) is 0 Å².